The lowest BCUT2D eigenvalue weighted by Gasteiger charge is -2.33. The van der Waals surface area contributed by atoms with Gasteiger partial charge < -0.3 is 14.6 Å². The second kappa shape index (κ2) is 5.05. The van der Waals surface area contributed by atoms with E-state index in [0.717, 1.165) is 35.5 Å². The Labute approximate surface area is 136 Å². The van der Waals surface area contributed by atoms with Crippen LogP contribution in [0.3, 0.4) is 0 Å². The van der Waals surface area contributed by atoms with Gasteiger partial charge in [0.15, 0.2) is 0 Å². The molecule has 2 heterocycles. The Balaban J connectivity index is 1.70. The second-order valence-corrected chi connectivity index (χ2v) is 6.74. The highest BCUT2D eigenvalue weighted by Gasteiger charge is 2.29. The lowest BCUT2D eigenvalue weighted by molar-refractivity contribution is 0.151. The number of phenols is 1. The van der Waals surface area contributed by atoms with E-state index in [9.17, 15) is 5.11 Å². The first-order valence-electron chi connectivity index (χ1n) is 8.01. The number of rotatable bonds is 1. The van der Waals surface area contributed by atoms with Gasteiger partial charge in [-0.2, -0.15) is 0 Å². The van der Waals surface area contributed by atoms with Crippen molar-refractivity contribution in [2.24, 2.45) is 0 Å². The smallest absolute Gasteiger partial charge is 0.134 e. The zero-order chi connectivity index (χ0) is 16.0. The highest BCUT2D eigenvalue weighted by molar-refractivity contribution is 5.69. The van der Waals surface area contributed by atoms with E-state index in [2.05, 4.69) is 18.2 Å². The molecule has 0 saturated carbocycles. The molecule has 3 heteroatoms. The third-order valence-corrected chi connectivity index (χ3v) is 4.46. The van der Waals surface area contributed by atoms with Crippen molar-refractivity contribution in [1.82, 2.24) is 0 Å². The summed E-state index contributed by atoms with van der Waals surface area (Å²) in [5.41, 5.74) is 3.07. The van der Waals surface area contributed by atoms with Gasteiger partial charge >= 0.3 is 0 Å². The molecule has 0 radical (unpaired) electrons. The zero-order valence-electron chi connectivity index (χ0n) is 13.4. The van der Waals surface area contributed by atoms with E-state index in [1.807, 2.05) is 32.0 Å². The van der Waals surface area contributed by atoms with Crippen LogP contribution < -0.4 is 9.47 Å². The average molecular weight is 308 g/mol. The molecule has 0 bridgehead atoms. The quantitative estimate of drug-likeness (QED) is 0.834. The van der Waals surface area contributed by atoms with Crippen molar-refractivity contribution in [3.63, 3.8) is 0 Å². The number of aromatic hydroxyl groups is 1. The van der Waals surface area contributed by atoms with Crippen LogP contribution in [0, 0.1) is 0 Å². The Kier molecular flexibility index (Phi) is 3.12. The molecule has 1 atom stereocenters. The third kappa shape index (κ3) is 2.56. The SMILES string of the molecule is CC1(C)C=Cc2c(ccc3c2O[C@H](c2ccc(O)cc2)CC3)O1. The lowest BCUT2D eigenvalue weighted by Crippen LogP contribution is -2.28. The molecular weight excluding hydrogens is 288 g/mol. The minimum Gasteiger partial charge on any atom is -0.508 e. The molecule has 0 aliphatic carbocycles. The van der Waals surface area contributed by atoms with Crippen LogP contribution in [-0.2, 0) is 6.42 Å². The van der Waals surface area contributed by atoms with Crippen LogP contribution >= 0.6 is 0 Å². The van der Waals surface area contributed by atoms with Gasteiger partial charge in [0, 0.05) is 0 Å². The lowest BCUT2D eigenvalue weighted by atomic mass is 9.93. The van der Waals surface area contributed by atoms with Crippen LogP contribution in [0.1, 0.15) is 43.1 Å². The van der Waals surface area contributed by atoms with E-state index in [-0.39, 0.29) is 17.5 Å². The summed E-state index contributed by atoms with van der Waals surface area (Å²) in [6.07, 6.45) is 6.11. The topological polar surface area (TPSA) is 38.7 Å². The van der Waals surface area contributed by atoms with Crippen molar-refractivity contribution >= 4 is 6.08 Å². The van der Waals surface area contributed by atoms with Crippen LogP contribution in [0.5, 0.6) is 17.2 Å². The first-order valence-corrected chi connectivity index (χ1v) is 8.01. The maximum Gasteiger partial charge on any atom is 0.134 e. The van der Waals surface area contributed by atoms with E-state index in [1.165, 1.54) is 5.56 Å². The summed E-state index contributed by atoms with van der Waals surface area (Å²) >= 11 is 0. The minimum absolute atomic E-state index is 0.0120. The van der Waals surface area contributed by atoms with Gasteiger partial charge in [0.1, 0.15) is 29.0 Å². The van der Waals surface area contributed by atoms with Gasteiger partial charge in [-0.3, -0.25) is 0 Å². The van der Waals surface area contributed by atoms with E-state index in [4.69, 9.17) is 9.47 Å². The van der Waals surface area contributed by atoms with Gasteiger partial charge in [0.2, 0.25) is 0 Å². The fourth-order valence-electron chi connectivity index (χ4n) is 3.22. The van der Waals surface area contributed by atoms with Crippen molar-refractivity contribution < 1.29 is 14.6 Å². The van der Waals surface area contributed by atoms with Crippen molar-refractivity contribution in [1.29, 1.82) is 0 Å². The molecule has 1 N–H and O–H groups in total. The Morgan fingerprint density at radius 1 is 1.09 bits per heavy atom. The van der Waals surface area contributed by atoms with Gasteiger partial charge in [-0.05, 0) is 68.2 Å². The van der Waals surface area contributed by atoms with Gasteiger partial charge in [-0.1, -0.05) is 18.2 Å². The molecule has 0 fully saturated rings. The molecule has 2 aromatic carbocycles. The molecule has 0 amide bonds. The van der Waals surface area contributed by atoms with Crippen LogP contribution in [0.15, 0.2) is 42.5 Å². The third-order valence-electron chi connectivity index (χ3n) is 4.46. The number of aryl methyl sites for hydroxylation is 1. The number of fused-ring (bicyclic) bond motifs is 3. The summed E-state index contributed by atoms with van der Waals surface area (Å²) in [4.78, 5) is 0. The van der Waals surface area contributed by atoms with E-state index >= 15 is 0 Å². The summed E-state index contributed by atoms with van der Waals surface area (Å²) in [5, 5.41) is 9.45. The summed E-state index contributed by atoms with van der Waals surface area (Å²) in [6.45, 7) is 4.10. The maximum absolute atomic E-state index is 9.45. The zero-order valence-corrected chi connectivity index (χ0v) is 13.4. The molecule has 0 aromatic heterocycles. The first kappa shape index (κ1) is 14.2. The van der Waals surface area contributed by atoms with Gasteiger partial charge in [0.05, 0.1) is 5.56 Å². The molecule has 118 valence electrons. The molecule has 4 rings (SSSR count). The fourth-order valence-corrected chi connectivity index (χ4v) is 3.22. The molecule has 2 aliphatic rings. The van der Waals surface area contributed by atoms with E-state index in [1.54, 1.807) is 12.1 Å². The van der Waals surface area contributed by atoms with Crippen molar-refractivity contribution in [2.45, 2.75) is 38.4 Å². The van der Waals surface area contributed by atoms with Gasteiger partial charge in [-0.25, -0.2) is 0 Å². The van der Waals surface area contributed by atoms with Crippen LogP contribution in [0.4, 0.5) is 0 Å². The molecule has 0 spiro atoms. The fraction of sp³-hybridized carbons (Fsp3) is 0.300. The predicted molar refractivity (Wildman–Crippen MR) is 90.0 cm³/mol. The molecule has 3 nitrogen and oxygen atoms in total. The van der Waals surface area contributed by atoms with Crippen LogP contribution in [0.2, 0.25) is 0 Å². The average Bonchev–Trinajstić information content (AvgIpc) is 2.54. The molecular formula is C20H20O3. The Hall–Kier alpha value is -2.42. The molecule has 2 aromatic rings. The standard InChI is InChI=1S/C20H20O3/c1-20(2)12-11-16-18(23-20)10-6-14-5-9-17(22-19(14)16)13-3-7-15(21)8-4-13/h3-4,6-8,10-12,17,21H,5,9H2,1-2H3/t17-/m0/s1. The van der Waals surface area contributed by atoms with Gasteiger partial charge in [0.25, 0.3) is 0 Å². The highest BCUT2D eigenvalue weighted by Crippen LogP contribution is 2.44. The number of phenolic OH excluding ortho intramolecular Hbond substituents is 1. The summed E-state index contributed by atoms with van der Waals surface area (Å²) in [7, 11) is 0. The first-order chi connectivity index (χ1) is 11.0. The number of ether oxygens (including phenoxy) is 2. The molecule has 0 saturated heterocycles. The van der Waals surface area contributed by atoms with Crippen LogP contribution in [-0.4, -0.2) is 10.7 Å². The largest absolute Gasteiger partial charge is 0.508 e. The second-order valence-electron chi connectivity index (χ2n) is 6.74. The number of hydrogen-bond donors (Lipinski definition) is 1. The summed E-state index contributed by atoms with van der Waals surface area (Å²) < 4.78 is 12.4. The Morgan fingerprint density at radius 2 is 1.87 bits per heavy atom. The van der Waals surface area contributed by atoms with E-state index < -0.39 is 0 Å². The maximum atomic E-state index is 9.45. The number of benzene rings is 2. The minimum atomic E-state index is -0.285. The Morgan fingerprint density at radius 3 is 2.65 bits per heavy atom. The van der Waals surface area contributed by atoms with E-state index in [0.29, 0.717) is 0 Å². The highest BCUT2D eigenvalue weighted by atomic mass is 16.5. The van der Waals surface area contributed by atoms with Crippen LogP contribution in [0.25, 0.3) is 6.08 Å². The predicted octanol–water partition coefficient (Wildman–Crippen LogP) is 4.64. The monoisotopic (exact) mass is 308 g/mol. The molecule has 2 aliphatic heterocycles. The summed E-state index contributed by atoms with van der Waals surface area (Å²) in [5.74, 6) is 2.09. The normalized spacial score (nSPS) is 20.9. The van der Waals surface area contributed by atoms with Crippen molar-refractivity contribution in [3.8, 4) is 17.2 Å². The van der Waals surface area contributed by atoms with Crippen molar-refractivity contribution in [3.05, 3.63) is 59.2 Å². The number of hydrogen-bond acceptors (Lipinski definition) is 3. The van der Waals surface area contributed by atoms with Gasteiger partial charge in [-0.15, -0.1) is 0 Å². The van der Waals surface area contributed by atoms with Crippen molar-refractivity contribution in [2.75, 3.05) is 0 Å². The molecule has 0 unspecified atom stereocenters. The molecule has 23 heavy (non-hydrogen) atoms. The summed E-state index contributed by atoms with van der Waals surface area (Å²) in [6, 6.07) is 11.4. The Bertz CT molecular complexity index is 772.